The number of halogens is 2. The van der Waals surface area contributed by atoms with Gasteiger partial charge in [-0.05, 0) is 43.5 Å². The Bertz CT molecular complexity index is 925. The average Bonchev–Trinajstić information content (AvgIpc) is 3.02. The highest BCUT2D eigenvalue weighted by Crippen LogP contribution is 2.43. The maximum atomic E-state index is 12.6. The molecule has 9 nitrogen and oxygen atoms in total. The standard InChI is InChI=1S/C23H26Br2N2O7/c1-2-3-8-33-23(32)13-4-6-14(7-5-13)26-19(28)12-34-20(29)11-27-21(30)15-9-17(24)18(25)10-16(15)22(27)31/h4-7,15-18H,2-3,8-12H2,1H3,(H,26,28)/t15-,16-,17+,18+/m1/s1. The molecule has 1 aliphatic carbocycles. The van der Waals surface area contributed by atoms with E-state index in [1.807, 2.05) is 6.92 Å². The van der Waals surface area contributed by atoms with Crippen molar-refractivity contribution in [3.63, 3.8) is 0 Å². The summed E-state index contributed by atoms with van der Waals surface area (Å²) in [7, 11) is 0. The minimum Gasteiger partial charge on any atom is -0.462 e. The van der Waals surface area contributed by atoms with E-state index in [1.165, 1.54) is 24.3 Å². The number of likely N-dealkylation sites (tertiary alicyclic amines) is 1. The maximum Gasteiger partial charge on any atom is 0.338 e. The summed E-state index contributed by atoms with van der Waals surface area (Å²) in [5, 5.41) is 2.55. The number of ether oxygens (including phenoxy) is 2. The van der Waals surface area contributed by atoms with Crippen molar-refractivity contribution in [1.29, 1.82) is 0 Å². The van der Waals surface area contributed by atoms with Crippen LogP contribution in [0.15, 0.2) is 24.3 Å². The van der Waals surface area contributed by atoms with Crippen molar-refractivity contribution >= 4 is 67.2 Å². The number of anilines is 1. The van der Waals surface area contributed by atoms with Crippen molar-refractivity contribution in [2.75, 3.05) is 25.1 Å². The van der Waals surface area contributed by atoms with Crippen molar-refractivity contribution in [2.45, 2.75) is 42.3 Å². The predicted octanol–water partition coefficient (Wildman–Crippen LogP) is 3.05. The van der Waals surface area contributed by atoms with Gasteiger partial charge in [-0.3, -0.25) is 24.1 Å². The Morgan fingerprint density at radius 2 is 1.59 bits per heavy atom. The number of nitrogens with one attached hydrogen (secondary N) is 1. The highest BCUT2D eigenvalue weighted by atomic mass is 79.9. The summed E-state index contributed by atoms with van der Waals surface area (Å²) < 4.78 is 10.1. The van der Waals surface area contributed by atoms with Crippen LogP contribution < -0.4 is 5.32 Å². The van der Waals surface area contributed by atoms with E-state index in [-0.39, 0.29) is 21.5 Å². The molecule has 34 heavy (non-hydrogen) atoms. The Labute approximate surface area is 214 Å². The summed E-state index contributed by atoms with van der Waals surface area (Å²) in [5.41, 5.74) is 0.771. The van der Waals surface area contributed by atoms with E-state index in [2.05, 4.69) is 37.2 Å². The lowest BCUT2D eigenvalue weighted by Crippen LogP contribution is -2.37. The smallest absolute Gasteiger partial charge is 0.338 e. The molecule has 1 heterocycles. The number of amides is 3. The molecule has 4 atom stereocenters. The molecule has 3 rings (SSSR count). The van der Waals surface area contributed by atoms with Crippen LogP contribution in [-0.4, -0.2) is 64.0 Å². The van der Waals surface area contributed by atoms with Crippen LogP contribution in [0.2, 0.25) is 0 Å². The van der Waals surface area contributed by atoms with Gasteiger partial charge in [0.15, 0.2) is 6.61 Å². The summed E-state index contributed by atoms with van der Waals surface area (Å²) >= 11 is 7.02. The third-order valence-electron chi connectivity index (χ3n) is 5.79. The molecule has 1 aromatic carbocycles. The molecular weight excluding hydrogens is 576 g/mol. The quantitative estimate of drug-likeness (QED) is 0.200. The second-order valence-corrected chi connectivity index (χ2v) is 10.6. The fourth-order valence-electron chi connectivity index (χ4n) is 3.92. The van der Waals surface area contributed by atoms with Crippen LogP contribution in [0.1, 0.15) is 43.0 Å². The monoisotopic (exact) mass is 600 g/mol. The molecule has 0 spiro atoms. The fourth-order valence-corrected chi connectivity index (χ4v) is 5.16. The van der Waals surface area contributed by atoms with Gasteiger partial charge in [0, 0.05) is 15.3 Å². The molecule has 11 heteroatoms. The van der Waals surface area contributed by atoms with Gasteiger partial charge < -0.3 is 14.8 Å². The van der Waals surface area contributed by atoms with Crippen LogP contribution in [-0.2, 0) is 28.7 Å². The number of alkyl halides is 2. The lowest BCUT2D eigenvalue weighted by atomic mass is 9.81. The molecule has 1 N–H and O–H groups in total. The zero-order valence-electron chi connectivity index (χ0n) is 18.6. The Balaban J connectivity index is 1.44. The van der Waals surface area contributed by atoms with Gasteiger partial charge in [0.1, 0.15) is 6.54 Å². The highest BCUT2D eigenvalue weighted by molar-refractivity contribution is 9.12. The summed E-state index contributed by atoms with van der Waals surface area (Å²) in [6, 6.07) is 6.12. The van der Waals surface area contributed by atoms with Gasteiger partial charge in [0.25, 0.3) is 5.91 Å². The van der Waals surface area contributed by atoms with E-state index in [1.54, 1.807) is 0 Å². The third-order valence-corrected chi connectivity index (χ3v) is 8.52. The molecule has 184 valence electrons. The van der Waals surface area contributed by atoms with Crippen molar-refractivity contribution in [3.05, 3.63) is 29.8 Å². The molecule has 0 radical (unpaired) electrons. The molecule has 1 saturated carbocycles. The molecule has 0 unspecified atom stereocenters. The van der Waals surface area contributed by atoms with Gasteiger partial charge >= 0.3 is 11.9 Å². The Morgan fingerprint density at radius 3 is 2.15 bits per heavy atom. The number of imide groups is 1. The number of carbonyl (C=O) groups is 5. The molecule has 1 aliphatic heterocycles. The van der Waals surface area contributed by atoms with Gasteiger partial charge in [0.05, 0.1) is 24.0 Å². The minimum atomic E-state index is -0.841. The van der Waals surface area contributed by atoms with Gasteiger partial charge in [-0.1, -0.05) is 45.2 Å². The molecule has 1 aromatic rings. The van der Waals surface area contributed by atoms with Gasteiger partial charge in [0.2, 0.25) is 11.8 Å². The molecule has 0 aromatic heterocycles. The SMILES string of the molecule is CCCCOC(=O)c1ccc(NC(=O)COC(=O)CN2C(=O)[C@@H]3C[C@H](Br)[C@@H](Br)C[C@H]3C2=O)cc1. The van der Waals surface area contributed by atoms with Crippen molar-refractivity contribution in [3.8, 4) is 0 Å². The topological polar surface area (TPSA) is 119 Å². The zero-order valence-corrected chi connectivity index (χ0v) is 21.8. The number of hydrogen-bond acceptors (Lipinski definition) is 7. The lowest BCUT2D eigenvalue weighted by Gasteiger charge is -2.29. The number of unbranched alkanes of at least 4 members (excludes halogenated alkanes) is 1. The molecule has 1 saturated heterocycles. The normalized spacial score (nSPS) is 23.9. The first-order valence-corrected chi connectivity index (χ1v) is 12.9. The van der Waals surface area contributed by atoms with E-state index in [0.29, 0.717) is 30.7 Å². The molecule has 0 bridgehead atoms. The van der Waals surface area contributed by atoms with Crippen LogP contribution in [0.3, 0.4) is 0 Å². The van der Waals surface area contributed by atoms with Crippen LogP contribution in [0.25, 0.3) is 0 Å². The third kappa shape index (κ3) is 6.44. The van der Waals surface area contributed by atoms with E-state index < -0.39 is 42.8 Å². The second-order valence-electron chi connectivity index (χ2n) is 8.25. The maximum absolute atomic E-state index is 12.6. The van der Waals surface area contributed by atoms with Gasteiger partial charge in [-0.25, -0.2) is 4.79 Å². The first-order chi connectivity index (χ1) is 16.2. The van der Waals surface area contributed by atoms with Crippen molar-refractivity contribution < 1.29 is 33.4 Å². The lowest BCUT2D eigenvalue weighted by molar-refractivity contribution is -0.154. The van der Waals surface area contributed by atoms with Crippen LogP contribution >= 0.6 is 31.9 Å². The number of benzene rings is 1. The highest BCUT2D eigenvalue weighted by Gasteiger charge is 2.52. The van der Waals surface area contributed by atoms with Crippen molar-refractivity contribution in [1.82, 2.24) is 4.90 Å². The largest absolute Gasteiger partial charge is 0.462 e. The summed E-state index contributed by atoms with van der Waals surface area (Å²) in [5.74, 6) is -3.54. The minimum absolute atomic E-state index is 0.0712. The number of carbonyl (C=O) groups excluding carboxylic acids is 5. The Morgan fingerprint density at radius 1 is 1.00 bits per heavy atom. The molecular formula is C23H26Br2N2O7. The summed E-state index contributed by atoms with van der Waals surface area (Å²) in [6.45, 7) is 1.25. The van der Waals surface area contributed by atoms with E-state index in [0.717, 1.165) is 17.7 Å². The van der Waals surface area contributed by atoms with Gasteiger partial charge in [-0.2, -0.15) is 0 Å². The van der Waals surface area contributed by atoms with E-state index >= 15 is 0 Å². The second kappa shape index (κ2) is 11.9. The molecule has 2 fully saturated rings. The predicted molar refractivity (Wildman–Crippen MR) is 130 cm³/mol. The Hall–Kier alpha value is -2.27. The number of nitrogens with zero attached hydrogens (tertiary/aromatic N) is 1. The first-order valence-electron chi connectivity index (χ1n) is 11.1. The fraction of sp³-hybridized carbons (Fsp3) is 0.522. The Kier molecular flexibility index (Phi) is 9.24. The number of fused-ring (bicyclic) bond motifs is 1. The summed E-state index contributed by atoms with van der Waals surface area (Å²) in [6.07, 6.45) is 2.72. The molecule has 2 aliphatic rings. The van der Waals surface area contributed by atoms with Crippen molar-refractivity contribution in [2.24, 2.45) is 11.8 Å². The molecule has 3 amide bonds. The van der Waals surface area contributed by atoms with Crippen LogP contribution in [0.4, 0.5) is 5.69 Å². The number of hydrogen-bond donors (Lipinski definition) is 1. The van der Waals surface area contributed by atoms with Gasteiger partial charge in [-0.15, -0.1) is 0 Å². The number of esters is 2. The summed E-state index contributed by atoms with van der Waals surface area (Å²) in [4.78, 5) is 62.5. The first kappa shape index (κ1) is 26.3. The average molecular weight is 602 g/mol. The van der Waals surface area contributed by atoms with Crippen LogP contribution in [0, 0.1) is 11.8 Å². The van der Waals surface area contributed by atoms with E-state index in [9.17, 15) is 24.0 Å². The van der Waals surface area contributed by atoms with Crippen LogP contribution in [0.5, 0.6) is 0 Å². The zero-order chi connectivity index (χ0) is 24.8. The number of rotatable bonds is 9. The van der Waals surface area contributed by atoms with E-state index in [4.69, 9.17) is 9.47 Å².